The third kappa shape index (κ3) is 4.67. The Morgan fingerprint density at radius 2 is 0.900 bits per heavy atom. The largest absolute Gasteiger partial charge is 0.507 e. The highest BCUT2D eigenvalue weighted by molar-refractivity contribution is 6.17. The van der Waals surface area contributed by atoms with Gasteiger partial charge < -0.3 is 10.2 Å². The van der Waals surface area contributed by atoms with E-state index in [0.717, 1.165) is 12.1 Å². The van der Waals surface area contributed by atoms with Crippen LogP contribution in [0.2, 0.25) is 0 Å². The maximum Gasteiger partial charge on any atom is 0.174 e. The molecule has 6 heteroatoms. The van der Waals surface area contributed by atoms with Crippen molar-refractivity contribution >= 4 is 23.1 Å². The highest BCUT2D eigenvalue weighted by atomic mass is 16.3. The Balaban J connectivity index is 1.81. The Morgan fingerprint density at radius 1 is 0.533 bits per heavy atom. The molecule has 3 aromatic carbocycles. The molecule has 6 nitrogen and oxygen atoms in total. The van der Waals surface area contributed by atoms with Crippen molar-refractivity contribution in [1.29, 1.82) is 0 Å². The second-order valence-corrected chi connectivity index (χ2v) is 6.66. The molecule has 0 saturated heterocycles. The SMILES string of the molecule is O=C(CC(=O)c1cc(C(=O)CC(=O)c2ccccc2)c(O)cc1O)c1ccccc1. The van der Waals surface area contributed by atoms with Gasteiger partial charge >= 0.3 is 0 Å². The number of rotatable bonds is 8. The molecule has 30 heavy (non-hydrogen) atoms. The topological polar surface area (TPSA) is 109 Å². The smallest absolute Gasteiger partial charge is 0.174 e. The molecule has 0 fully saturated rings. The summed E-state index contributed by atoms with van der Waals surface area (Å²) in [5.74, 6) is -3.40. The standard InChI is InChI=1S/C24H18O6/c25-19(15-7-3-1-4-8-15)12-21(27)17-11-18(24(30)14-23(17)29)22(28)13-20(26)16-9-5-2-6-10-16/h1-11,14,29-30H,12-13H2. The van der Waals surface area contributed by atoms with Crippen molar-refractivity contribution < 1.29 is 29.4 Å². The minimum atomic E-state index is -0.704. The normalized spacial score (nSPS) is 10.4. The van der Waals surface area contributed by atoms with E-state index in [1.54, 1.807) is 60.7 Å². The Labute approximate surface area is 172 Å². The molecule has 0 atom stereocenters. The first-order valence-electron chi connectivity index (χ1n) is 9.15. The number of carbonyl (C=O) groups excluding carboxylic acids is 4. The number of benzene rings is 3. The fraction of sp³-hybridized carbons (Fsp3) is 0.0833. The Kier molecular flexibility index (Phi) is 6.17. The first-order valence-corrected chi connectivity index (χ1v) is 9.15. The number of phenols is 2. The molecule has 0 aliphatic rings. The molecule has 2 N–H and O–H groups in total. The second kappa shape index (κ2) is 8.96. The van der Waals surface area contributed by atoms with Crippen LogP contribution < -0.4 is 0 Å². The summed E-state index contributed by atoms with van der Waals surface area (Å²) in [5.41, 5.74) is 0.142. The number of phenolic OH excluding ortho intramolecular Hbond substituents is 2. The Morgan fingerprint density at radius 3 is 1.27 bits per heavy atom. The summed E-state index contributed by atoms with van der Waals surface area (Å²) in [5, 5.41) is 20.1. The predicted octanol–water partition coefficient (Wildman–Crippen LogP) is 4.01. The van der Waals surface area contributed by atoms with Crippen molar-refractivity contribution in [3.05, 3.63) is 95.1 Å². The quantitative estimate of drug-likeness (QED) is 0.435. The zero-order valence-electron chi connectivity index (χ0n) is 15.9. The fourth-order valence-electron chi connectivity index (χ4n) is 2.96. The maximum absolute atomic E-state index is 12.5. The van der Waals surface area contributed by atoms with Crippen LogP contribution in [0.25, 0.3) is 0 Å². The van der Waals surface area contributed by atoms with E-state index in [0.29, 0.717) is 11.1 Å². The summed E-state index contributed by atoms with van der Waals surface area (Å²) in [6.07, 6.45) is -1.03. The van der Waals surface area contributed by atoms with Gasteiger partial charge in [0.15, 0.2) is 23.1 Å². The molecule has 0 amide bonds. The van der Waals surface area contributed by atoms with E-state index in [4.69, 9.17) is 0 Å². The van der Waals surface area contributed by atoms with Gasteiger partial charge in [0.05, 0.1) is 24.0 Å². The summed E-state index contributed by atoms with van der Waals surface area (Å²) in [6, 6.07) is 18.3. The average Bonchev–Trinajstić information content (AvgIpc) is 2.74. The lowest BCUT2D eigenvalue weighted by Gasteiger charge is -2.09. The van der Waals surface area contributed by atoms with E-state index < -0.39 is 47.5 Å². The van der Waals surface area contributed by atoms with Crippen molar-refractivity contribution in [3.63, 3.8) is 0 Å². The lowest BCUT2D eigenvalue weighted by atomic mass is 9.95. The molecule has 0 spiro atoms. The van der Waals surface area contributed by atoms with E-state index in [1.807, 2.05) is 0 Å². The van der Waals surface area contributed by atoms with Crippen molar-refractivity contribution in [2.45, 2.75) is 12.8 Å². The molecule has 0 aliphatic heterocycles. The minimum absolute atomic E-state index is 0.271. The highest BCUT2D eigenvalue weighted by Crippen LogP contribution is 2.30. The third-order valence-corrected chi connectivity index (χ3v) is 4.55. The Hall–Kier alpha value is -4.06. The summed E-state index contributed by atoms with van der Waals surface area (Å²) < 4.78 is 0. The van der Waals surface area contributed by atoms with Gasteiger partial charge in [0.2, 0.25) is 0 Å². The average molecular weight is 402 g/mol. The van der Waals surface area contributed by atoms with Crippen molar-refractivity contribution in [3.8, 4) is 11.5 Å². The van der Waals surface area contributed by atoms with Gasteiger partial charge in [-0.25, -0.2) is 0 Å². The number of hydrogen-bond acceptors (Lipinski definition) is 6. The monoisotopic (exact) mass is 402 g/mol. The molecule has 150 valence electrons. The molecule has 0 saturated carbocycles. The first-order chi connectivity index (χ1) is 14.4. The zero-order valence-corrected chi connectivity index (χ0v) is 15.9. The molecule has 0 unspecified atom stereocenters. The molecule has 0 aromatic heterocycles. The van der Waals surface area contributed by atoms with E-state index in [-0.39, 0.29) is 11.1 Å². The molecular weight excluding hydrogens is 384 g/mol. The van der Waals surface area contributed by atoms with Crippen LogP contribution in [0.1, 0.15) is 54.3 Å². The van der Waals surface area contributed by atoms with Gasteiger partial charge in [-0.3, -0.25) is 19.2 Å². The van der Waals surface area contributed by atoms with Gasteiger partial charge in [-0.2, -0.15) is 0 Å². The number of Topliss-reactive ketones (excluding diaryl/α,β-unsaturated/α-hetero) is 4. The second-order valence-electron chi connectivity index (χ2n) is 6.66. The van der Waals surface area contributed by atoms with Crippen LogP contribution in [0.4, 0.5) is 0 Å². The van der Waals surface area contributed by atoms with E-state index >= 15 is 0 Å². The van der Waals surface area contributed by atoms with Gasteiger partial charge in [-0.1, -0.05) is 60.7 Å². The minimum Gasteiger partial charge on any atom is -0.507 e. The number of ketones is 4. The van der Waals surface area contributed by atoms with Gasteiger partial charge in [-0.15, -0.1) is 0 Å². The lowest BCUT2D eigenvalue weighted by molar-refractivity contribution is 0.0881. The number of aromatic hydroxyl groups is 2. The van der Waals surface area contributed by atoms with E-state index in [1.165, 1.54) is 0 Å². The van der Waals surface area contributed by atoms with Crippen LogP contribution in [0.3, 0.4) is 0 Å². The summed E-state index contributed by atoms with van der Waals surface area (Å²) in [7, 11) is 0. The fourth-order valence-corrected chi connectivity index (χ4v) is 2.96. The van der Waals surface area contributed by atoms with E-state index in [9.17, 15) is 29.4 Å². The van der Waals surface area contributed by atoms with Crippen molar-refractivity contribution in [1.82, 2.24) is 0 Å². The molecule has 3 aromatic rings. The predicted molar refractivity (Wildman–Crippen MR) is 109 cm³/mol. The summed E-state index contributed by atoms with van der Waals surface area (Å²) in [4.78, 5) is 49.6. The van der Waals surface area contributed by atoms with Crippen LogP contribution in [0.5, 0.6) is 11.5 Å². The van der Waals surface area contributed by atoms with Gasteiger partial charge in [0.1, 0.15) is 11.5 Å². The lowest BCUT2D eigenvalue weighted by Crippen LogP contribution is -2.12. The summed E-state index contributed by atoms with van der Waals surface area (Å²) >= 11 is 0. The molecule has 0 heterocycles. The van der Waals surface area contributed by atoms with Crippen molar-refractivity contribution in [2.75, 3.05) is 0 Å². The first kappa shape index (κ1) is 20.7. The number of hydrogen-bond donors (Lipinski definition) is 2. The van der Waals surface area contributed by atoms with Gasteiger partial charge in [0.25, 0.3) is 0 Å². The zero-order chi connectivity index (χ0) is 21.7. The van der Waals surface area contributed by atoms with Crippen LogP contribution in [-0.2, 0) is 0 Å². The van der Waals surface area contributed by atoms with E-state index in [2.05, 4.69) is 0 Å². The van der Waals surface area contributed by atoms with Gasteiger partial charge in [-0.05, 0) is 6.07 Å². The molecule has 0 radical (unpaired) electrons. The molecule has 0 bridgehead atoms. The third-order valence-electron chi connectivity index (χ3n) is 4.55. The maximum atomic E-state index is 12.5. The summed E-state index contributed by atoms with van der Waals surface area (Å²) in [6.45, 7) is 0. The van der Waals surface area contributed by atoms with Gasteiger partial charge in [0, 0.05) is 17.2 Å². The van der Waals surface area contributed by atoms with Crippen LogP contribution in [-0.4, -0.2) is 33.3 Å². The van der Waals surface area contributed by atoms with Crippen LogP contribution in [0, 0.1) is 0 Å². The van der Waals surface area contributed by atoms with Crippen LogP contribution >= 0.6 is 0 Å². The van der Waals surface area contributed by atoms with Crippen molar-refractivity contribution in [2.24, 2.45) is 0 Å². The molecule has 3 rings (SSSR count). The molecular formula is C24H18O6. The Bertz CT molecular complexity index is 1030. The number of carbonyl (C=O) groups is 4. The highest BCUT2D eigenvalue weighted by Gasteiger charge is 2.23. The van der Waals surface area contributed by atoms with Crippen LogP contribution in [0.15, 0.2) is 72.8 Å². The molecule has 0 aliphatic carbocycles.